The molecule has 0 bridgehead atoms. The Balaban J connectivity index is 3.03. The number of ether oxygens (including phenoxy) is 2. The van der Waals surface area contributed by atoms with Gasteiger partial charge in [-0.05, 0) is 26.0 Å². The first-order chi connectivity index (χ1) is 9.31. The van der Waals surface area contributed by atoms with Crippen molar-refractivity contribution in [3.63, 3.8) is 0 Å². The second kappa shape index (κ2) is 7.16. The lowest BCUT2D eigenvalue weighted by Gasteiger charge is -2.28. The standard InChI is InChI=1S/C15H24ClNO3/c1-10(2)15(3,18)9-20-14-11(8-17-4)6-12(16)7-13(14)19-5/h6-7,10,17-18H,8-9H2,1-5H3. The summed E-state index contributed by atoms with van der Waals surface area (Å²) in [7, 11) is 3.42. The van der Waals surface area contributed by atoms with Gasteiger partial charge in [0.05, 0.1) is 12.7 Å². The van der Waals surface area contributed by atoms with E-state index < -0.39 is 5.60 Å². The summed E-state index contributed by atoms with van der Waals surface area (Å²) in [6.07, 6.45) is 0. The second-order valence-electron chi connectivity index (χ2n) is 5.43. The highest BCUT2D eigenvalue weighted by atomic mass is 35.5. The predicted octanol–water partition coefficient (Wildman–Crippen LogP) is 2.85. The van der Waals surface area contributed by atoms with Crippen LogP contribution in [0.25, 0.3) is 0 Å². The molecule has 0 saturated carbocycles. The molecule has 1 atom stereocenters. The maximum atomic E-state index is 10.3. The van der Waals surface area contributed by atoms with Crippen LogP contribution in [-0.2, 0) is 6.54 Å². The maximum Gasteiger partial charge on any atom is 0.165 e. The van der Waals surface area contributed by atoms with Crippen LogP contribution in [0.1, 0.15) is 26.3 Å². The van der Waals surface area contributed by atoms with Crippen molar-refractivity contribution >= 4 is 11.6 Å². The summed E-state index contributed by atoms with van der Waals surface area (Å²) >= 11 is 6.06. The summed E-state index contributed by atoms with van der Waals surface area (Å²) in [5, 5.41) is 13.9. The molecule has 1 aromatic carbocycles. The fourth-order valence-electron chi connectivity index (χ4n) is 1.64. The molecular weight excluding hydrogens is 278 g/mol. The van der Waals surface area contributed by atoms with Gasteiger partial charge in [-0.3, -0.25) is 0 Å². The molecule has 0 spiro atoms. The van der Waals surface area contributed by atoms with Crippen molar-refractivity contribution in [2.24, 2.45) is 5.92 Å². The van der Waals surface area contributed by atoms with Gasteiger partial charge in [0, 0.05) is 23.2 Å². The Morgan fingerprint density at radius 1 is 1.40 bits per heavy atom. The van der Waals surface area contributed by atoms with Crippen molar-refractivity contribution in [3.05, 3.63) is 22.7 Å². The minimum atomic E-state index is -0.901. The molecule has 0 aromatic heterocycles. The lowest BCUT2D eigenvalue weighted by molar-refractivity contribution is -0.0274. The third kappa shape index (κ3) is 4.27. The number of rotatable bonds is 7. The van der Waals surface area contributed by atoms with E-state index in [0.29, 0.717) is 23.1 Å². The molecule has 0 radical (unpaired) electrons. The van der Waals surface area contributed by atoms with Gasteiger partial charge in [0.15, 0.2) is 11.5 Å². The number of aliphatic hydroxyl groups is 1. The molecule has 0 aliphatic heterocycles. The average Bonchev–Trinajstić information content (AvgIpc) is 2.37. The summed E-state index contributed by atoms with van der Waals surface area (Å²) in [4.78, 5) is 0. The van der Waals surface area contributed by atoms with Crippen LogP contribution in [-0.4, -0.2) is 31.5 Å². The summed E-state index contributed by atoms with van der Waals surface area (Å²) in [6.45, 7) is 6.47. The molecule has 0 aliphatic carbocycles. The summed E-state index contributed by atoms with van der Waals surface area (Å²) in [6, 6.07) is 3.54. The number of methoxy groups -OCH3 is 1. The molecule has 2 N–H and O–H groups in total. The Labute approximate surface area is 126 Å². The van der Waals surface area contributed by atoms with E-state index in [1.54, 1.807) is 20.1 Å². The second-order valence-corrected chi connectivity index (χ2v) is 5.86. The Bertz CT molecular complexity index is 447. The molecule has 0 fully saturated rings. The quantitative estimate of drug-likeness (QED) is 0.813. The average molecular weight is 302 g/mol. The Morgan fingerprint density at radius 3 is 2.55 bits per heavy atom. The van der Waals surface area contributed by atoms with Crippen molar-refractivity contribution in [2.75, 3.05) is 20.8 Å². The Kier molecular flexibility index (Phi) is 6.11. The van der Waals surface area contributed by atoms with Crippen molar-refractivity contribution in [2.45, 2.75) is 32.9 Å². The van der Waals surface area contributed by atoms with E-state index in [2.05, 4.69) is 5.32 Å². The molecule has 0 saturated heterocycles. The van der Waals surface area contributed by atoms with Crippen LogP contribution in [0.5, 0.6) is 11.5 Å². The van der Waals surface area contributed by atoms with Crippen LogP contribution < -0.4 is 14.8 Å². The van der Waals surface area contributed by atoms with Gasteiger partial charge < -0.3 is 19.9 Å². The molecular formula is C15H24ClNO3. The highest BCUT2D eigenvalue weighted by molar-refractivity contribution is 6.30. The van der Waals surface area contributed by atoms with Gasteiger partial charge in [-0.25, -0.2) is 0 Å². The van der Waals surface area contributed by atoms with E-state index in [0.717, 1.165) is 5.56 Å². The van der Waals surface area contributed by atoms with Crippen LogP contribution in [0.4, 0.5) is 0 Å². The summed E-state index contributed by atoms with van der Waals surface area (Å²) in [5.41, 5.74) is -0.00178. The van der Waals surface area contributed by atoms with Crippen LogP contribution in [0, 0.1) is 5.92 Å². The zero-order chi connectivity index (χ0) is 15.3. The highest BCUT2D eigenvalue weighted by Crippen LogP contribution is 2.35. The monoisotopic (exact) mass is 301 g/mol. The Morgan fingerprint density at radius 2 is 2.05 bits per heavy atom. The van der Waals surface area contributed by atoms with Crippen molar-refractivity contribution in [1.29, 1.82) is 0 Å². The van der Waals surface area contributed by atoms with Gasteiger partial charge in [0.25, 0.3) is 0 Å². The zero-order valence-corrected chi connectivity index (χ0v) is 13.5. The first-order valence-corrected chi connectivity index (χ1v) is 7.05. The summed E-state index contributed by atoms with van der Waals surface area (Å²) < 4.78 is 11.1. The van der Waals surface area contributed by atoms with E-state index in [1.807, 2.05) is 27.0 Å². The Hall–Kier alpha value is -0.970. The third-order valence-corrected chi connectivity index (χ3v) is 3.65. The van der Waals surface area contributed by atoms with Crippen molar-refractivity contribution in [3.8, 4) is 11.5 Å². The lowest BCUT2D eigenvalue weighted by atomic mass is 9.94. The number of benzene rings is 1. The number of halogens is 1. The molecule has 20 heavy (non-hydrogen) atoms. The van der Waals surface area contributed by atoms with Gasteiger partial charge in [-0.2, -0.15) is 0 Å². The molecule has 0 heterocycles. The lowest BCUT2D eigenvalue weighted by Crippen LogP contribution is -2.38. The minimum absolute atomic E-state index is 0.0912. The molecule has 1 aromatic rings. The molecule has 1 rings (SSSR count). The van der Waals surface area contributed by atoms with E-state index in [9.17, 15) is 5.11 Å². The molecule has 4 nitrogen and oxygen atoms in total. The van der Waals surface area contributed by atoms with Gasteiger partial charge in [-0.15, -0.1) is 0 Å². The maximum absolute atomic E-state index is 10.3. The smallest absolute Gasteiger partial charge is 0.165 e. The van der Waals surface area contributed by atoms with Crippen LogP contribution >= 0.6 is 11.6 Å². The van der Waals surface area contributed by atoms with Crippen molar-refractivity contribution < 1.29 is 14.6 Å². The van der Waals surface area contributed by atoms with E-state index in [-0.39, 0.29) is 12.5 Å². The number of hydrogen-bond acceptors (Lipinski definition) is 4. The van der Waals surface area contributed by atoms with Crippen molar-refractivity contribution in [1.82, 2.24) is 5.32 Å². The first-order valence-electron chi connectivity index (χ1n) is 6.68. The minimum Gasteiger partial charge on any atom is -0.493 e. The number of nitrogens with one attached hydrogen (secondary N) is 1. The van der Waals surface area contributed by atoms with E-state index in [1.165, 1.54) is 0 Å². The zero-order valence-electron chi connectivity index (χ0n) is 12.8. The molecule has 114 valence electrons. The van der Waals surface area contributed by atoms with Gasteiger partial charge in [0.1, 0.15) is 6.61 Å². The first kappa shape index (κ1) is 17.1. The van der Waals surface area contributed by atoms with Gasteiger partial charge >= 0.3 is 0 Å². The van der Waals surface area contributed by atoms with Crippen LogP contribution in [0.3, 0.4) is 0 Å². The SMILES string of the molecule is CNCc1cc(Cl)cc(OC)c1OCC(C)(O)C(C)C. The molecule has 0 amide bonds. The van der Waals surface area contributed by atoms with E-state index >= 15 is 0 Å². The third-order valence-electron chi connectivity index (χ3n) is 3.44. The fourth-order valence-corrected chi connectivity index (χ4v) is 1.88. The summed E-state index contributed by atoms with van der Waals surface area (Å²) in [5.74, 6) is 1.28. The largest absolute Gasteiger partial charge is 0.493 e. The van der Waals surface area contributed by atoms with Crippen LogP contribution in [0.2, 0.25) is 5.02 Å². The number of hydrogen-bond donors (Lipinski definition) is 2. The topological polar surface area (TPSA) is 50.7 Å². The normalized spacial score (nSPS) is 14.2. The van der Waals surface area contributed by atoms with E-state index in [4.69, 9.17) is 21.1 Å². The molecule has 1 unspecified atom stereocenters. The molecule has 5 heteroatoms. The van der Waals surface area contributed by atoms with Gasteiger partial charge in [0.2, 0.25) is 0 Å². The van der Waals surface area contributed by atoms with Crippen LogP contribution in [0.15, 0.2) is 12.1 Å². The van der Waals surface area contributed by atoms with Gasteiger partial charge in [-0.1, -0.05) is 25.4 Å². The fraction of sp³-hybridized carbons (Fsp3) is 0.600. The predicted molar refractivity (Wildman–Crippen MR) is 81.7 cm³/mol. The molecule has 0 aliphatic rings. The highest BCUT2D eigenvalue weighted by Gasteiger charge is 2.27.